The quantitative estimate of drug-likeness (QED) is 0.399. The van der Waals surface area contributed by atoms with Crippen molar-refractivity contribution in [2.24, 2.45) is 0 Å². The molecule has 6 nitrogen and oxygen atoms in total. The van der Waals surface area contributed by atoms with E-state index >= 15 is 0 Å². The van der Waals surface area contributed by atoms with Crippen molar-refractivity contribution in [1.29, 1.82) is 0 Å². The van der Waals surface area contributed by atoms with Gasteiger partial charge in [0.1, 0.15) is 16.5 Å². The second-order valence-corrected chi connectivity index (χ2v) is 8.28. The number of para-hydroxylation sites is 2. The van der Waals surface area contributed by atoms with Crippen LogP contribution in [0.15, 0.2) is 85.1 Å². The summed E-state index contributed by atoms with van der Waals surface area (Å²) in [5, 5.41) is 8.59. The van der Waals surface area contributed by atoms with Crippen LogP contribution < -0.4 is 10.1 Å². The molecule has 0 aliphatic rings. The lowest BCUT2D eigenvalue weighted by Gasteiger charge is -2.05. The summed E-state index contributed by atoms with van der Waals surface area (Å²) in [6.45, 7) is 0.353. The molecule has 0 atom stereocenters. The maximum Gasteiger partial charge on any atom is 0.255 e. The van der Waals surface area contributed by atoms with Gasteiger partial charge in [-0.25, -0.2) is 9.67 Å². The highest BCUT2D eigenvalue weighted by Gasteiger charge is 2.19. The van der Waals surface area contributed by atoms with E-state index in [1.165, 1.54) is 0 Å². The van der Waals surface area contributed by atoms with Gasteiger partial charge in [-0.1, -0.05) is 42.5 Å². The zero-order chi connectivity index (χ0) is 21.9. The first-order chi connectivity index (χ1) is 15.7. The Morgan fingerprint density at radius 3 is 2.66 bits per heavy atom. The van der Waals surface area contributed by atoms with Gasteiger partial charge in [0.05, 0.1) is 35.1 Å². The molecule has 0 bridgehead atoms. The van der Waals surface area contributed by atoms with Gasteiger partial charge >= 0.3 is 0 Å². The van der Waals surface area contributed by atoms with E-state index in [2.05, 4.69) is 10.3 Å². The maximum absolute atomic E-state index is 13.2. The molecule has 158 valence electrons. The fourth-order valence-electron chi connectivity index (χ4n) is 3.48. The average Bonchev–Trinajstić information content (AvgIpc) is 3.48. The summed E-state index contributed by atoms with van der Waals surface area (Å²) in [7, 11) is 1.62. The Bertz CT molecular complexity index is 1360. The van der Waals surface area contributed by atoms with Crippen molar-refractivity contribution in [3.8, 4) is 22.7 Å². The van der Waals surface area contributed by atoms with E-state index < -0.39 is 0 Å². The number of benzene rings is 3. The number of ether oxygens (including phenoxy) is 1. The topological polar surface area (TPSA) is 69.0 Å². The number of nitrogens with one attached hydrogen (secondary N) is 1. The molecule has 1 amide bonds. The normalized spacial score (nSPS) is 10.9. The largest absolute Gasteiger partial charge is 0.497 e. The molecule has 2 heterocycles. The van der Waals surface area contributed by atoms with Crippen LogP contribution >= 0.6 is 11.3 Å². The first-order valence-electron chi connectivity index (χ1n) is 10.1. The molecule has 5 aromatic rings. The number of hydrogen-bond donors (Lipinski definition) is 1. The fraction of sp³-hybridized carbons (Fsp3) is 0.0800. The first kappa shape index (κ1) is 20.0. The number of aromatic nitrogens is 3. The number of methoxy groups -OCH3 is 1. The van der Waals surface area contributed by atoms with Crippen LogP contribution in [0.5, 0.6) is 5.75 Å². The first-order valence-corrected chi connectivity index (χ1v) is 10.9. The Balaban J connectivity index is 1.47. The lowest BCUT2D eigenvalue weighted by Crippen LogP contribution is -2.22. The van der Waals surface area contributed by atoms with Gasteiger partial charge in [0, 0.05) is 11.8 Å². The predicted octanol–water partition coefficient (Wildman–Crippen LogP) is 5.09. The summed E-state index contributed by atoms with van der Waals surface area (Å²) in [6, 6.07) is 25.2. The highest BCUT2D eigenvalue weighted by Crippen LogP contribution is 2.27. The van der Waals surface area contributed by atoms with Crippen LogP contribution in [0.25, 0.3) is 27.2 Å². The molecule has 0 spiro atoms. The van der Waals surface area contributed by atoms with E-state index in [1.807, 2.05) is 78.9 Å². The summed E-state index contributed by atoms with van der Waals surface area (Å²) in [4.78, 5) is 17.8. The van der Waals surface area contributed by atoms with Gasteiger partial charge in [-0.3, -0.25) is 4.79 Å². The lowest BCUT2D eigenvalue weighted by atomic mass is 10.1. The Morgan fingerprint density at radius 1 is 1.03 bits per heavy atom. The van der Waals surface area contributed by atoms with Gasteiger partial charge in [0.25, 0.3) is 5.91 Å². The molecule has 0 aliphatic carbocycles. The van der Waals surface area contributed by atoms with Crippen LogP contribution in [0.3, 0.4) is 0 Å². The third-order valence-electron chi connectivity index (χ3n) is 5.06. The van der Waals surface area contributed by atoms with Crippen molar-refractivity contribution in [2.45, 2.75) is 6.54 Å². The molecule has 0 saturated carbocycles. The predicted molar refractivity (Wildman–Crippen MR) is 126 cm³/mol. The van der Waals surface area contributed by atoms with Crippen LogP contribution in [0, 0.1) is 0 Å². The molecule has 1 N–H and O–H groups in total. The molecular weight excluding hydrogens is 420 g/mol. The van der Waals surface area contributed by atoms with E-state index in [9.17, 15) is 4.79 Å². The number of thiazole rings is 1. The van der Waals surface area contributed by atoms with E-state index in [-0.39, 0.29) is 5.91 Å². The Labute approximate surface area is 189 Å². The second kappa shape index (κ2) is 8.64. The molecule has 0 radical (unpaired) electrons. The Kier molecular flexibility index (Phi) is 5.39. The second-order valence-electron chi connectivity index (χ2n) is 7.16. The molecule has 7 heteroatoms. The minimum absolute atomic E-state index is 0.204. The Hall–Kier alpha value is -3.97. The summed E-state index contributed by atoms with van der Waals surface area (Å²) in [5.41, 5.74) is 3.71. The Morgan fingerprint density at radius 2 is 1.84 bits per heavy atom. The zero-order valence-electron chi connectivity index (χ0n) is 17.4. The van der Waals surface area contributed by atoms with Crippen LogP contribution in [0.4, 0.5) is 0 Å². The molecule has 0 aliphatic heterocycles. The van der Waals surface area contributed by atoms with Gasteiger partial charge < -0.3 is 10.1 Å². The van der Waals surface area contributed by atoms with Gasteiger partial charge in [-0.2, -0.15) is 5.10 Å². The van der Waals surface area contributed by atoms with Crippen molar-refractivity contribution in [2.75, 3.05) is 7.11 Å². The van der Waals surface area contributed by atoms with Crippen LogP contribution in [0.1, 0.15) is 15.4 Å². The standard InChI is InChI=1S/C25H20N4O2S/c1-31-19-11-7-8-17(14-19)24-20(16-29(28-24)18-9-3-2-4-10-18)25(30)26-15-23-27-21-12-5-6-13-22(21)32-23/h2-14,16H,15H2,1H3,(H,26,30). The highest BCUT2D eigenvalue weighted by molar-refractivity contribution is 7.18. The van der Waals surface area contributed by atoms with Gasteiger partial charge in [0.15, 0.2) is 0 Å². The van der Waals surface area contributed by atoms with Crippen LogP contribution in [0.2, 0.25) is 0 Å². The number of rotatable bonds is 6. The zero-order valence-corrected chi connectivity index (χ0v) is 18.2. The monoisotopic (exact) mass is 440 g/mol. The molecule has 2 aromatic heterocycles. The molecule has 0 fully saturated rings. The van der Waals surface area contributed by atoms with Crippen molar-refractivity contribution in [3.63, 3.8) is 0 Å². The van der Waals surface area contributed by atoms with Crippen molar-refractivity contribution in [3.05, 3.63) is 95.6 Å². The van der Waals surface area contributed by atoms with Gasteiger partial charge in [0.2, 0.25) is 0 Å². The van der Waals surface area contributed by atoms with E-state index in [0.29, 0.717) is 23.6 Å². The molecule has 0 unspecified atom stereocenters. The number of carbonyl (C=O) groups is 1. The van der Waals surface area contributed by atoms with E-state index in [1.54, 1.807) is 29.3 Å². The fourth-order valence-corrected chi connectivity index (χ4v) is 4.39. The summed E-state index contributed by atoms with van der Waals surface area (Å²) in [6.07, 6.45) is 1.76. The smallest absolute Gasteiger partial charge is 0.255 e. The maximum atomic E-state index is 13.2. The minimum atomic E-state index is -0.204. The molecule has 5 rings (SSSR count). The molecule has 0 saturated heterocycles. The highest BCUT2D eigenvalue weighted by atomic mass is 32.1. The third-order valence-corrected chi connectivity index (χ3v) is 6.10. The van der Waals surface area contributed by atoms with Crippen LogP contribution in [-0.4, -0.2) is 27.8 Å². The molecule has 3 aromatic carbocycles. The minimum Gasteiger partial charge on any atom is -0.497 e. The van der Waals surface area contributed by atoms with E-state index in [0.717, 1.165) is 26.5 Å². The lowest BCUT2D eigenvalue weighted by molar-refractivity contribution is 0.0951. The number of nitrogens with zero attached hydrogens (tertiary/aromatic N) is 3. The van der Waals surface area contributed by atoms with Crippen molar-refractivity contribution < 1.29 is 9.53 Å². The number of hydrogen-bond acceptors (Lipinski definition) is 5. The van der Waals surface area contributed by atoms with Gasteiger partial charge in [-0.05, 0) is 36.4 Å². The SMILES string of the molecule is COc1cccc(-c2nn(-c3ccccc3)cc2C(=O)NCc2nc3ccccc3s2)c1. The number of fused-ring (bicyclic) bond motifs is 1. The van der Waals surface area contributed by atoms with Crippen molar-refractivity contribution in [1.82, 2.24) is 20.1 Å². The van der Waals surface area contributed by atoms with E-state index in [4.69, 9.17) is 9.84 Å². The molecular formula is C25H20N4O2S. The van der Waals surface area contributed by atoms with Crippen molar-refractivity contribution >= 4 is 27.5 Å². The number of carbonyl (C=O) groups excluding carboxylic acids is 1. The van der Waals surface area contributed by atoms with Crippen LogP contribution in [-0.2, 0) is 6.54 Å². The summed E-state index contributed by atoms with van der Waals surface area (Å²) in [5.74, 6) is 0.502. The van der Waals surface area contributed by atoms with Gasteiger partial charge in [-0.15, -0.1) is 11.3 Å². The third kappa shape index (κ3) is 3.98. The average molecular weight is 441 g/mol. The summed E-state index contributed by atoms with van der Waals surface area (Å²) < 4.78 is 8.19. The molecule has 32 heavy (non-hydrogen) atoms. The summed E-state index contributed by atoms with van der Waals surface area (Å²) >= 11 is 1.58. The number of amides is 1.